The molecule has 154 valence electrons. The van der Waals surface area contributed by atoms with Crippen LogP contribution in [0.4, 0.5) is 5.82 Å². The van der Waals surface area contributed by atoms with Crippen molar-refractivity contribution in [2.45, 2.75) is 25.9 Å². The predicted molar refractivity (Wildman–Crippen MR) is 118 cm³/mol. The van der Waals surface area contributed by atoms with E-state index in [1.807, 2.05) is 12.3 Å². The molecular weight excluding hydrogens is 400 g/mol. The van der Waals surface area contributed by atoms with Crippen molar-refractivity contribution in [3.63, 3.8) is 0 Å². The van der Waals surface area contributed by atoms with Crippen LogP contribution >= 0.6 is 11.3 Å². The first-order chi connectivity index (χ1) is 14.5. The van der Waals surface area contributed by atoms with Gasteiger partial charge in [0, 0.05) is 29.7 Å². The lowest BCUT2D eigenvalue weighted by Crippen LogP contribution is -2.35. The highest BCUT2D eigenvalue weighted by atomic mass is 32.1. The van der Waals surface area contributed by atoms with E-state index in [0.717, 1.165) is 49.3 Å². The summed E-state index contributed by atoms with van der Waals surface area (Å²) in [5.74, 6) is 1.32. The SMILES string of the molecule is COc1cc(C)cc2cc(-c3c(CNC4CCNC4=O)cn4ncnc(N)c34)sc12. The van der Waals surface area contributed by atoms with Crippen LogP contribution in [0.15, 0.2) is 30.7 Å². The summed E-state index contributed by atoms with van der Waals surface area (Å²) >= 11 is 1.65. The van der Waals surface area contributed by atoms with Gasteiger partial charge in [0.2, 0.25) is 5.91 Å². The van der Waals surface area contributed by atoms with Crippen LogP contribution in [0.25, 0.3) is 26.0 Å². The molecule has 8 nitrogen and oxygen atoms in total. The number of thiophene rings is 1. The Kier molecular flexibility index (Phi) is 4.56. The number of ether oxygens (including phenoxy) is 1. The lowest BCUT2D eigenvalue weighted by Gasteiger charge is -2.10. The fraction of sp³-hybridized carbons (Fsp3) is 0.286. The van der Waals surface area contributed by atoms with E-state index in [9.17, 15) is 4.79 Å². The Morgan fingerprint density at radius 1 is 1.40 bits per heavy atom. The second kappa shape index (κ2) is 7.26. The summed E-state index contributed by atoms with van der Waals surface area (Å²) in [4.78, 5) is 17.2. The number of hydrogen-bond acceptors (Lipinski definition) is 7. The Balaban J connectivity index is 1.65. The second-order valence-electron chi connectivity index (χ2n) is 7.48. The third-order valence-electron chi connectivity index (χ3n) is 5.46. The van der Waals surface area contributed by atoms with Gasteiger partial charge in [0.15, 0.2) is 5.82 Å². The van der Waals surface area contributed by atoms with Crippen molar-refractivity contribution in [3.8, 4) is 16.2 Å². The van der Waals surface area contributed by atoms with Crippen LogP contribution in [-0.2, 0) is 11.3 Å². The topological polar surface area (TPSA) is 107 Å². The van der Waals surface area contributed by atoms with Crippen LogP contribution in [0.2, 0.25) is 0 Å². The molecule has 0 radical (unpaired) electrons. The van der Waals surface area contributed by atoms with Crippen LogP contribution in [0.1, 0.15) is 17.5 Å². The normalized spacial score (nSPS) is 16.5. The minimum Gasteiger partial charge on any atom is -0.495 e. The molecule has 1 amide bonds. The molecule has 1 aliphatic rings. The summed E-state index contributed by atoms with van der Waals surface area (Å²) in [6.45, 7) is 3.29. The van der Waals surface area contributed by atoms with Gasteiger partial charge in [0.1, 0.15) is 17.6 Å². The Morgan fingerprint density at radius 3 is 3.03 bits per heavy atom. The van der Waals surface area contributed by atoms with Crippen molar-refractivity contribution in [3.05, 3.63) is 41.9 Å². The summed E-state index contributed by atoms with van der Waals surface area (Å²) in [7, 11) is 1.69. The quantitative estimate of drug-likeness (QED) is 0.456. The highest BCUT2D eigenvalue weighted by Gasteiger charge is 2.25. The molecular formula is C21H22N6O2S. The highest BCUT2D eigenvalue weighted by molar-refractivity contribution is 7.22. The molecule has 4 aromatic rings. The lowest BCUT2D eigenvalue weighted by atomic mass is 10.1. The number of anilines is 1. The number of nitrogens with two attached hydrogens (primary N) is 1. The number of aryl methyl sites for hydroxylation is 1. The number of fused-ring (bicyclic) bond motifs is 2. The Hall–Kier alpha value is -3.17. The molecule has 0 saturated carbocycles. The molecule has 0 bridgehead atoms. The zero-order valence-corrected chi connectivity index (χ0v) is 17.5. The molecule has 30 heavy (non-hydrogen) atoms. The highest BCUT2D eigenvalue weighted by Crippen LogP contribution is 2.43. The number of nitrogens with zero attached hydrogens (tertiary/aromatic N) is 3. The number of benzene rings is 1. The average molecular weight is 423 g/mol. The number of carbonyl (C=O) groups is 1. The summed E-state index contributed by atoms with van der Waals surface area (Å²) < 4.78 is 8.45. The molecule has 0 aliphatic carbocycles. The van der Waals surface area contributed by atoms with Crippen molar-refractivity contribution < 1.29 is 9.53 Å². The van der Waals surface area contributed by atoms with E-state index in [4.69, 9.17) is 10.5 Å². The number of hydrogen-bond donors (Lipinski definition) is 3. The molecule has 5 rings (SSSR count). The molecule has 3 aromatic heterocycles. The second-order valence-corrected chi connectivity index (χ2v) is 8.53. The van der Waals surface area contributed by atoms with Crippen molar-refractivity contribution in [2.75, 3.05) is 19.4 Å². The van der Waals surface area contributed by atoms with E-state index < -0.39 is 0 Å². The number of rotatable bonds is 5. The van der Waals surface area contributed by atoms with Gasteiger partial charge in [-0.15, -0.1) is 11.3 Å². The molecule has 4 heterocycles. The van der Waals surface area contributed by atoms with Gasteiger partial charge >= 0.3 is 0 Å². The smallest absolute Gasteiger partial charge is 0.237 e. The molecule has 1 aromatic carbocycles. The maximum Gasteiger partial charge on any atom is 0.237 e. The average Bonchev–Trinajstić information content (AvgIpc) is 3.42. The van der Waals surface area contributed by atoms with Gasteiger partial charge in [0.25, 0.3) is 0 Å². The van der Waals surface area contributed by atoms with E-state index >= 15 is 0 Å². The van der Waals surface area contributed by atoms with Gasteiger partial charge in [-0.3, -0.25) is 4.79 Å². The summed E-state index contributed by atoms with van der Waals surface area (Å²) in [5.41, 5.74) is 10.2. The Labute approximate surface area is 177 Å². The Bertz CT molecular complexity index is 1280. The van der Waals surface area contributed by atoms with Crippen LogP contribution in [0, 0.1) is 6.92 Å². The third kappa shape index (κ3) is 3.06. The molecule has 1 unspecified atom stereocenters. The third-order valence-corrected chi connectivity index (χ3v) is 6.64. The van der Waals surface area contributed by atoms with Gasteiger partial charge in [-0.05, 0) is 42.0 Å². The van der Waals surface area contributed by atoms with E-state index in [-0.39, 0.29) is 11.9 Å². The minimum atomic E-state index is -0.186. The Morgan fingerprint density at radius 2 is 2.27 bits per heavy atom. The summed E-state index contributed by atoms with van der Waals surface area (Å²) in [5, 5.41) is 11.7. The number of amides is 1. The standard InChI is InChI=1S/C21H22N6O2S/c1-11-5-12-7-16(30-19(12)15(6-11)29-2)17-13(8-24-14-3-4-23-21(14)28)9-27-18(17)20(22)25-10-26-27/h5-7,9-10,14,24H,3-4,8H2,1-2H3,(H,23,28)(H2,22,25,26). The van der Waals surface area contributed by atoms with Gasteiger partial charge in [-0.2, -0.15) is 5.10 Å². The van der Waals surface area contributed by atoms with E-state index in [1.54, 1.807) is 23.0 Å². The van der Waals surface area contributed by atoms with Crippen LogP contribution in [0.5, 0.6) is 5.75 Å². The number of nitrogen functional groups attached to an aromatic ring is 1. The maximum atomic E-state index is 12.0. The zero-order valence-electron chi connectivity index (χ0n) is 16.7. The first-order valence-corrected chi connectivity index (χ1v) is 10.6. The first kappa shape index (κ1) is 18.8. The molecule has 9 heteroatoms. The fourth-order valence-corrected chi connectivity index (χ4v) is 5.27. The molecule has 0 spiro atoms. The number of carbonyl (C=O) groups excluding carboxylic acids is 1. The van der Waals surface area contributed by atoms with Crippen molar-refractivity contribution in [1.82, 2.24) is 25.2 Å². The van der Waals surface area contributed by atoms with Crippen molar-refractivity contribution in [1.29, 1.82) is 0 Å². The summed E-state index contributed by atoms with van der Waals surface area (Å²) in [6.07, 6.45) is 4.18. The molecule has 1 fully saturated rings. The number of aromatic nitrogens is 3. The molecule has 1 aliphatic heterocycles. The van der Waals surface area contributed by atoms with Crippen LogP contribution in [0.3, 0.4) is 0 Å². The number of methoxy groups -OCH3 is 1. The van der Waals surface area contributed by atoms with E-state index in [0.29, 0.717) is 18.9 Å². The molecule has 1 atom stereocenters. The van der Waals surface area contributed by atoms with E-state index in [1.165, 1.54) is 6.33 Å². The zero-order chi connectivity index (χ0) is 20.8. The predicted octanol–water partition coefficient (Wildman–Crippen LogP) is 2.49. The van der Waals surface area contributed by atoms with Gasteiger partial charge in [-0.25, -0.2) is 9.50 Å². The summed E-state index contributed by atoms with van der Waals surface area (Å²) in [6, 6.07) is 6.16. The monoisotopic (exact) mass is 422 g/mol. The lowest BCUT2D eigenvalue weighted by molar-refractivity contribution is -0.120. The van der Waals surface area contributed by atoms with Gasteiger partial charge < -0.3 is 21.1 Å². The maximum absolute atomic E-state index is 12.0. The molecule has 1 saturated heterocycles. The van der Waals surface area contributed by atoms with Crippen molar-refractivity contribution >= 4 is 38.7 Å². The molecule has 4 N–H and O–H groups in total. The number of nitrogens with one attached hydrogen (secondary N) is 2. The minimum absolute atomic E-state index is 0.0432. The first-order valence-electron chi connectivity index (χ1n) is 9.75. The van der Waals surface area contributed by atoms with Crippen molar-refractivity contribution in [2.24, 2.45) is 0 Å². The fourth-order valence-electron chi connectivity index (χ4n) is 4.05. The van der Waals surface area contributed by atoms with Crippen LogP contribution < -0.4 is 21.1 Å². The van der Waals surface area contributed by atoms with Gasteiger partial charge in [-0.1, -0.05) is 6.07 Å². The largest absolute Gasteiger partial charge is 0.495 e. The van der Waals surface area contributed by atoms with Gasteiger partial charge in [0.05, 0.1) is 17.9 Å². The van der Waals surface area contributed by atoms with E-state index in [2.05, 4.69) is 39.8 Å². The van der Waals surface area contributed by atoms with Crippen LogP contribution in [-0.4, -0.2) is 40.2 Å².